The molecule has 0 radical (unpaired) electrons. The van der Waals surface area contributed by atoms with Crippen LogP contribution in [-0.2, 0) is 0 Å². The summed E-state index contributed by atoms with van der Waals surface area (Å²) in [7, 11) is 0. The van der Waals surface area contributed by atoms with Crippen molar-refractivity contribution >= 4 is 41.6 Å². The van der Waals surface area contributed by atoms with Crippen molar-refractivity contribution < 1.29 is 10.2 Å². The van der Waals surface area contributed by atoms with Crippen molar-refractivity contribution in [3.8, 4) is 0 Å². The van der Waals surface area contributed by atoms with Gasteiger partial charge in [0.25, 0.3) is 0 Å². The van der Waals surface area contributed by atoms with E-state index in [2.05, 4.69) is 72.5 Å². The second-order valence-corrected chi connectivity index (χ2v) is 32.7. The van der Waals surface area contributed by atoms with Gasteiger partial charge in [-0.1, -0.05) is 0 Å². The molecule has 0 spiro atoms. The molecule has 2 N–H and O–H groups in total. The van der Waals surface area contributed by atoms with E-state index < -0.39 is 10.6 Å². The second kappa shape index (κ2) is 12.8. The first-order valence-electron chi connectivity index (χ1n) is 12.2. The molecule has 2 nitrogen and oxygen atoms in total. The summed E-state index contributed by atoms with van der Waals surface area (Å²) >= 11 is 8.88. The van der Waals surface area contributed by atoms with Crippen molar-refractivity contribution in [2.75, 3.05) is 62.5 Å². The van der Waals surface area contributed by atoms with Crippen LogP contribution in [0.4, 0.5) is 0 Å². The Bertz CT molecular complexity index is 392. The van der Waals surface area contributed by atoms with Crippen LogP contribution < -0.4 is 0 Å². The van der Waals surface area contributed by atoms with Gasteiger partial charge in [0.1, 0.15) is 0 Å². The van der Waals surface area contributed by atoms with Crippen molar-refractivity contribution in [1.82, 2.24) is 0 Å². The maximum absolute atomic E-state index is 10.8. The van der Waals surface area contributed by atoms with Crippen LogP contribution in [0.3, 0.4) is 0 Å². The minimum atomic E-state index is -2.18. The van der Waals surface area contributed by atoms with Gasteiger partial charge in [-0.25, -0.2) is 0 Å². The van der Waals surface area contributed by atoms with Crippen molar-refractivity contribution in [3.05, 3.63) is 0 Å². The zero-order valence-electron chi connectivity index (χ0n) is 20.4. The molecule has 0 aromatic heterocycles. The summed E-state index contributed by atoms with van der Waals surface area (Å²) in [6, 6.07) is 0. The van der Waals surface area contributed by atoms with Crippen LogP contribution in [0.1, 0.15) is 80.1 Å². The van der Waals surface area contributed by atoms with Gasteiger partial charge in [-0.05, 0) is 0 Å². The van der Waals surface area contributed by atoms with Gasteiger partial charge in [-0.3, -0.25) is 0 Å². The van der Waals surface area contributed by atoms with E-state index in [9.17, 15) is 10.2 Å². The Balaban J connectivity index is 6.40. The average molecular weight is 582 g/mol. The Kier molecular flexibility index (Phi) is 13.6. The molecule has 180 valence electrons. The van der Waals surface area contributed by atoms with Crippen LogP contribution in [0.2, 0.25) is 0 Å². The van der Waals surface area contributed by atoms with E-state index >= 15 is 0 Å². The third kappa shape index (κ3) is 8.55. The van der Waals surface area contributed by atoms with E-state index in [4.69, 9.17) is 0 Å². The average Bonchev–Trinajstić information content (AvgIpc) is 2.62. The Morgan fingerprint density at radius 3 is 0.862 bits per heavy atom. The van der Waals surface area contributed by atoms with Gasteiger partial charge < -0.3 is 0 Å². The van der Waals surface area contributed by atoms with Gasteiger partial charge in [0.15, 0.2) is 0 Å². The summed E-state index contributed by atoms with van der Waals surface area (Å²) in [5.41, 5.74) is -0.387. The van der Waals surface area contributed by atoms with Crippen molar-refractivity contribution in [2.24, 2.45) is 5.41 Å². The Labute approximate surface area is 199 Å². The van der Waals surface area contributed by atoms with E-state index in [1.54, 1.807) is 0 Å². The summed E-state index contributed by atoms with van der Waals surface area (Å²) in [5.74, 6) is 0. The predicted octanol–water partition coefficient (Wildman–Crippen LogP) is 8.14. The summed E-state index contributed by atoms with van der Waals surface area (Å²) in [4.78, 5) is 0. The molecule has 0 amide bonds. The summed E-state index contributed by atoms with van der Waals surface area (Å²) in [6.45, 7) is 14.0. The van der Waals surface area contributed by atoms with Crippen molar-refractivity contribution in [3.63, 3.8) is 0 Å². The molecule has 6 heteroatoms. The topological polar surface area (TPSA) is 40.5 Å². The van der Waals surface area contributed by atoms with E-state index in [1.165, 1.54) is 75.5 Å². The van der Waals surface area contributed by atoms with Crippen LogP contribution in [-0.4, -0.2) is 72.7 Å². The van der Waals surface area contributed by atoms with Crippen molar-refractivity contribution in [1.29, 1.82) is 0 Å². The molecule has 0 aromatic carbocycles. The third-order valence-electron chi connectivity index (χ3n) is 6.83. The van der Waals surface area contributed by atoms with Gasteiger partial charge in [-0.2, -0.15) is 0 Å². The van der Waals surface area contributed by atoms with E-state index in [-0.39, 0.29) is 18.6 Å². The number of aliphatic hydroxyl groups excluding tert-OH is 2. The SMILES string of the molecule is CCCP(Br)(CCC)(CCC)CC(CO)(CO)CP(Br)(CCC)(CCC)CCC. The monoisotopic (exact) mass is 580 g/mol. The van der Waals surface area contributed by atoms with Crippen molar-refractivity contribution in [2.45, 2.75) is 80.1 Å². The molecule has 0 aliphatic heterocycles. The number of rotatable bonds is 18. The third-order valence-corrected chi connectivity index (χ3v) is 27.0. The molecule has 0 fully saturated rings. The Morgan fingerprint density at radius 2 is 0.724 bits per heavy atom. The van der Waals surface area contributed by atoms with E-state index in [1.807, 2.05) is 0 Å². The standard InChI is InChI=1S/C23H52Br2O2P2/c1-7-13-28(24,14-8-2,15-9-3)21-23(19-26,20-27)22-29(25,16-10-4,17-11-5)18-12-6/h26-27H,7-22H2,1-6H3. The summed E-state index contributed by atoms with van der Waals surface area (Å²) in [6.07, 6.45) is 16.4. The molecule has 0 aromatic rings. The molecule has 0 bridgehead atoms. The fourth-order valence-corrected chi connectivity index (χ4v) is 29.2. The summed E-state index contributed by atoms with van der Waals surface area (Å²) < 4.78 is 0. The molecule has 0 aliphatic carbocycles. The Hall–Kier alpha value is 1.74. The van der Waals surface area contributed by atoms with Crippen LogP contribution in [0.25, 0.3) is 0 Å². The molecule has 0 aliphatic rings. The zero-order valence-corrected chi connectivity index (χ0v) is 25.3. The minimum absolute atomic E-state index is 0.102. The first-order chi connectivity index (χ1) is 13.5. The summed E-state index contributed by atoms with van der Waals surface area (Å²) in [5, 5.41) is 17.2. The number of aliphatic hydroxyl groups is 2. The van der Waals surface area contributed by atoms with Gasteiger partial charge in [-0.15, -0.1) is 0 Å². The second-order valence-electron chi connectivity index (χ2n) is 10.1. The first-order valence-corrected chi connectivity index (χ1v) is 22.1. The quantitative estimate of drug-likeness (QED) is 0.160. The van der Waals surface area contributed by atoms with Crippen LogP contribution in [0, 0.1) is 5.41 Å². The van der Waals surface area contributed by atoms with Gasteiger partial charge in [0.05, 0.1) is 0 Å². The Morgan fingerprint density at radius 1 is 0.517 bits per heavy atom. The predicted molar refractivity (Wildman–Crippen MR) is 149 cm³/mol. The molecule has 0 unspecified atom stereocenters. The molecular formula is C23H52Br2O2P2. The molecule has 0 atom stereocenters. The molecule has 0 rings (SSSR count). The molecule has 0 heterocycles. The molecular weight excluding hydrogens is 530 g/mol. The normalized spacial score (nSPS) is 16.2. The van der Waals surface area contributed by atoms with E-state index in [0.717, 1.165) is 12.3 Å². The van der Waals surface area contributed by atoms with Crippen LogP contribution in [0.5, 0.6) is 0 Å². The number of hydrogen-bond donors (Lipinski definition) is 2. The van der Waals surface area contributed by atoms with E-state index in [0.29, 0.717) is 0 Å². The fourth-order valence-electron chi connectivity index (χ4n) is 6.47. The van der Waals surface area contributed by atoms with Crippen LogP contribution in [0.15, 0.2) is 0 Å². The van der Waals surface area contributed by atoms with Gasteiger partial charge in [0, 0.05) is 0 Å². The zero-order chi connectivity index (χ0) is 22.7. The van der Waals surface area contributed by atoms with Gasteiger partial charge >= 0.3 is 200 Å². The number of halogens is 2. The first kappa shape index (κ1) is 30.7. The fraction of sp³-hybridized carbons (Fsp3) is 1.00. The molecule has 29 heavy (non-hydrogen) atoms. The van der Waals surface area contributed by atoms with Gasteiger partial charge in [0.2, 0.25) is 0 Å². The maximum atomic E-state index is 10.8. The number of hydrogen-bond acceptors (Lipinski definition) is 2. The van der Waals surface area contributed by atoms with Crippen LogP contribution >= 0.6 is 41.6 Å². The molecule has 0 saturated heterocycles. The molecule has 0 saturated carbocycles.